The molecule has 3 rings (SSSR count). The Morgan fingerprint density at radius 2 is 1.77 bits per heavy atom. The summed E-state index contributed by atoms with van der Waals surface area (Å²) in [5, 5.41) is 5.27. The van der Waals surface area contributed by atoms with Crippen molar-refractivity contribution in [2.75, 3.05) is 18.4 Å². The van der Waals surface area contributed by atoms with Crippen LogP contribution in [0.25, 0.3) is 11.1 Å². The average Bonchev–Trinajstić information content (AvgIpc) is 2.73. The minimum Gasteiger partial charge on any atom is -0.351 e. The normalized spacial score (nSPS) is 10.6. The van der Waals surface area contributed by atoms with Crippen molar-refractivity contribution in [3.63, 3.8) is 0 Å². The first-order valence-electron chi connectivity index (χ1n) is 9.61. The van der Waals surface area contributed by atoms with E-state index < -0.39 is 17.6 Å². The summed E-state index contributed by atoms with van der Waals surface area (Å²) >= 11 is 5.79. The predicted molar refractivity (Wildman–Crippen MR) is 120 cm³/mol. The van der Waals surface area contributed by atoms with Crippen LogP contribution < -0.4 is 16.4 Å². The van der Waals surface area contributed by atoms with Gasteiger partial charge >= 0.3 is 0 Å². The van der Waals surface area contributed by atoms with Gasteiger partial charge in [0.15, 0.2) is 0 Å². The van der Waals surface area contributed by atoms with E-state index in [-0.39, 0.29) is 34.9 Å². The van der Waals surface area contributed by atoms with E-state index in [0.29, 0.717) is 5.56 Å². The Kier molecular flexibility index (Phi) is 6.99. The Labute approximate surface area is 184 Å². The van der Waals surface area contributed by atoms with Gasteiger partial charge < -0.3 is 16.4 Å². The number of hydrogen-bond donors (Lipinski definition) is 3. The lowest BCUT2D eigenvalue weighted by Gasteiger charge is -2.16. The molecule has 0 fully saturated rings. The smallest absolute Gasteiger partial charge is 0.255 e. The molecule has 0 spiro atoms. The van der Waals surface area contributed by atoms with Crippen molar-refractivity contribution >= 4 is 29.1 Å². The molecule has 0 radical (unpaired) electrons. The standard InChI is InChI=1S/C23H22ClFN4O2/c1-13-7-14(2)9-16(8-13)17-11-27-12-20(21(17)23(31)28-6-5-26)29-22(30)15-3-4-19(25)18(24)10-15/h3-4,7-12H,5-6,26H2,1-2H3,(H,28,31)(H,29,30). The molecule has 160 valence electrons. The fourth-order valence-corrected chi connectivity index (χ4v) is 3.44. The van der Waals surface area contributed by atoms with Crippen LogP contribution in [0.3, 0.4) is 0 Å². The van der Waals surface area contributed by atoms with E-state index in [1.165, 1.54) is 18.3 Å². The quantitative estimate of drug-likeness (QED) is 0.537. The maximum Gasteiger partial charge on any atom is 0.255 e. The number of amides is 2. The number of anilines is 1. The highest BCUT2D eigenvalue weighted by Crippen LogP contribution is 2.30. The summed E-state index contributed by atoms with van der Waals surface area (Å²) in [6.07, 6.45) is 2.97. The van der Waals surface area contributed by atoms with E-state index in [0.717, 1.165) is 22.8 Å². The molecule has 0 atom stereocenters. The average molecular weight is 441 g/mol. The molecule has 0 bridgehead atoms. The lowest BCUT2D eigenvalue weighted by Crippen LogP contribution is -2.30. The molecule has 1 heterocycles. The van der Waals surface area contributed by atoms with Gasteiger partial charge in [0.25, 0.3) is 11.8 Å². The molecule has 3 aromatic rings. The minimum atomic E-state index is -0.626. The van der Waals surface area contributed by atoms with E-state index in [1.54, 1.807) is 6.20 Å². The van der Waals surface area contributed by atoms with Crippen LogP contribution in [-0.2, 0) is 0 Å². The van der Waals surface area contributed by atoms with Crippen LogP contribution in [0, 0.1) is 19.7 Å². The van der Waals surface area contributed by atoms with Crippen molar-refractivity contribution in [1.29, 1.82) is 0 Å². The van der Waals surface area contributed by atoms with Gasteiger partial charge in [-0.1, -0.05) is 40.9 Å². The largest absolute Gasteiger partial charge is 0.351 e. The number of carbonyl (C=O) groups is 2. The maximum atomic E-state index is 13.4. The Morgan fingerprint density at radius 1 is 1.06 bits per heavy atom. The number of nitrogens with zero attached hydrogens (tertiary/aromatic N) is 1. The molecular formula is C23H22ClFN4O2. The zero-order valence-corrected chi connectivity index (χ0v) is 17.9. The highest BCUT2D eigenvalue weighted by molar-refractivity contribution is 6.31. The number of nitrogens with two attached hydrogens (primary N) is 1. The number of aryl methyl sites for hydroxylation is 2. The first-order valence-corrected chi connectivity index (χ1v) is 9.99. The Bertz CT molecular complexity index is 1130. The van der Waals surface area contributed by atoms with E-state index in [1.807, 2.05) is 32.0 Å². The fraction of sp³-hybridized carbons (Fsp3) is 0.174. The summed E-state index contributed by atoms with van der Waals surface area (Å²) in [4.78, 5) is 30.0. The molecule has 1 aromatic heterocycles. The number of pyridine rings is 1. The van der Waals surface area contributed by atoms with Crippen molar-refractivity contribution in [2.45, 2.75) is 13.8 Å². The van der Waals surface area contributed by atoms with Crippen molar-refractivity contribution in [1.82, 2.24) is 10.3 Å². The molecule has 2 aromatic carbocycles. The monoisotopic (exact) mass is 440 g/mol. The molecule has 4 N–H and O–H groups in total. The van der Waals surface area contributed by atoms with Gasteiger partial charge in [0.05, 0.1) is 22.5 Å². The molecule has 6 nitrogen and oxygen atoms in total. The Hall–Kier alpha value is -3.29. The predicted octanol–water partition coefficient (Wildman–Crippen LogP) is 4.10. The van der Waals surface area contributed by atoms with Gasteiger partial charge in [-0.05, 0) is 37.6 Å². The number of benzene rings is 2. The van der Waals surface area contributed by atoms with Crippen LogP contribution in [0.5, 0.6) is 0 Å². The molecule has 2 amide bonds. The van der Waals surface area contributed by atoms with Gasteiger partial charge in [-0.15, -0.1) is 0 Å². The molecule has 0 aliphatic rings. The van der Waals surface area contributed by atoms with E-state index in [2.05, 4.69) is 15.6 Å². The first kappa shape index (κ1) is 22.4. The van der Waals surface area contributed by atoms with Crippen LogP contribution >= 0.6 is 11.6 Å². The maximum absolute atomic E-state index is 13.4. The zero-order chi connectivity index (χ0) is 22.5. The van der Waals surface area contributed by atoms with Crippen molar-refractivity contribution < 1.29 is 14.0 Å². The molecular weight excluding hydrogens is 419 g/mol. The number of rotatable bonds is 6. The topological polar surface area (TPSA) is 97.1 Å². The van der Waals surface area contributed by atoms with Crippen LogP contribution in [-0.4, -0.2) is 29.9 Å². The minimum absolute atomic E-state index is 0.150. The van der Waals surface area contributed by atoms with Gasteiger partial charge in [0.1, 0.15) is 5.82 Å². The van der Waals surface area contributed by atoms with Gasteiger partial charge in [-0.3, -0.25) is 14.6 Å². The fourth-order valence-electron chi connectivity index (χ4n) is 3.25. The van der Waals surface area contributed by atoms with Gasteiger partial charge in [-0.25, -0.2) is 4.39 Å². The first-order chi connectivity index (χ1) is 14.8. The van der Waals surface area contributed by atoms with Gasteiger partial charge in [-0.2, -0.15) is 0 Å². The van der Waals surface area contributed by atoms with Crippen molar-refractivity contribution in [3.8, 4) is 11.1 Å². The second-order valence-electron chi connectivity index (χ2n) is 7.11. The summed E-state index contributed by atoms with van der Waals surface area (Å²) in [5.74, 6) is -1.57. The zero-order valence-electron chi connectivity index (χ0n) is 17.1. The highest BCUT2D eigenvalue weighted by atomic mass is 35.5. The third kappa shape index (κ3) is 5.25. The van der Waals surface area contributed by atoms with E-state index in [9.17, 15) is 14.0 Å². The second-order valence-corrected chi connectivity index (χ2v) is 7.52. The number of aromatic nitrogens is 1. The SMILES string of the molecule is Cc1cc(C)cc(-c2cncc(NC(=O)c3ccc(F)c(Cl)c3)c2C(=O)NCCN)c1. The number of halogens is 2. The second kappa shape index (κ2) is 9.68. The molecule has 0 unspecified atom stereocenters. The van der Waals surface area contributed by atoms with Crippen molar-refractivity contribution in [2.24, 2.45) is 5.73 Å². The van der Waals surface area contributed by atoms with Crippen LogP contribution in [0.2, 0.25) is 5.02 Å². The van der Waals surface area contributed by atoms with Gasteiger partial charge in [0.2, 0.25) is 0 Å². The molecule has 0 saturated carbocycles. The molecule has 8 heteroatoms. The van der Waals surface area contributed by atoms with Crippen LogP contribution in [0.1, 0.15) is 31.8 Å². The third-order valence-electron chi connectivity index (χ3n) is 4.57. The highest BCUT2D eigenvalue weighted by Gasteiger charge is 2.21. The Balaban J connectivity index is 2.07. The Morgan fingerprint density at radius 3 is 2.42 bits per heavy atom. The number of hydrogen-bond acceptors (Lipinski definition) is 4. The summed E-state index contributed by atoms with van der Waals surface area (Å²) < 4.78 is 13.4. The van der Waals surface area contributed by atoms with Crippen LogP contribution in [0.15, 0.2) is 48.8 Å². The number of carbonyl (C=O) groups excluding carboxylic acids is 2. The molecule has 31 heavy (non-hydrogen) atoms. The van der Waals surface area contributed by atoms with E-state index in [4.69, 9.17) is 17.3 Å². The van der Waals surface area contributed by atoms with Gasteiger partial charge in [0, 0.05) is 30.4 Å². The summed E-state index contributed by atoms with van der Waals surface area (Å²) in [6.45, 7) is 4.46. The molecule has 0 aliphatic heterocycles. The molecule has 0 saturated heterocycles. The van der Waals surface area contributed by atoms with Crippen molar-refractivity contribution in [3.05, 3.63) is 81.9 Å². The lowest BCUT2D eigenvalue weighted by atomic mass is 9.96. The van der Waals surface area contributed by atoms with E-state index >= 15 is 0 Å². The molecule has 0 aliphatic carbocycles. The summed E-state index contributed by atoms with van der Waals surface area (Å²) in [5.41, 5.74) is 9.57. The third-order valence-corrected chi connectivity index (χ3v) is 4.86. The number of nitrogens with one attached hydrogen (secondary N) is 2. The lowest BCUT2D eigenvalue weighted by molar-refractivity contribution is 0.0956. The summed E-state index contributed by atoms with van der Waals surface area (Å²) in [7, 11) is 0. The summed E-state index contributed by atoms with van der Waals surface area (Å²) in [6, 6.07) is 9.54. The van der Waals surface area contributed by atoms with Crippen LogP contribution in [0.4, 0.5) is 10.1 Å².